The third-order valence-electron chi connectivity index (χ3n) is 5.23. The first kappa shape index (κ1) is 20.2. The molecule has 1 atom stereocenters. The van der Waals surface area contributed by atoms with Crippen LogP contribution in [-0.2, 0) is 19.6 Å². The van der Waals surface area contributed by atoms with Crippen LogP contribution in [0.1, 0.15) is 12.8 Å². The van der Waals surface area contributed by atoms with E-state index in [4.69, 9.17) is 5.73 Å². The van der Waals surface area contributed by atoms with E-state index in [2.05, 4.69) is 0 Å². The second-order valence-corrected chi connectivity index (χ2v) is 8.83. The predicted octanol–water partition coefficient (Wildman–Crippen LogP) is 1.04. The van der Waals surface area contributed by atoms with Crippen LogP contribution in [0, 0.1) is 0 Å². The molecular formula is C19H23N3O5S. The maximum atomic E-state index is 13.5. The maximum Gasteiger partial charge on any atom is 0.332 e. The quantitative estimate of drug-likeness (QED) is 0.689. The Morgan fingerprint density at radius 1 is 1.18 bits per heavy atom. The number of aliphatic carboxylic acids is 1. The van der Waals surface area contributed by atoms with Crippen molar-refractivity contribution < 1.29 is 23.1 Å². The molecule has 0 spiro atoms. The topological polar surface area (TPSA) is 121 Å². The molecule has 1 unspecified atom stereocenters. The molecule has 0 saturated carbocycles. The minimum Gasteiger partial charge on any atom is -0.480 e. The number of hydrogen-bond acceptors (Lipinski definition) is 6. The van der Waals surface area contributed by atoms with E-state index in [0.717, 1.165) is 15.4 Å². The van der Waals surface area contributed by atoms with Gasteiger partial charge in [0, 0.05) is 37.1 Å². The molecule has 1 aliphatic rings. The molecule has 0 bridgehead atoms. The van der Waals surface area contributed by atoms with E-state index in [-0.39, 0.29) is 24.3 Å². The van der Waals surface area contributed by atoms with Crippen LogP contribution in [0.2, 0.25) is 0 Å². The van der Waals surface area contributed by atoms with Crippen molar-refractivity contribution in [3.05, 3.63) is 36.4 Å². The highest BCUT2D eigenvalue weighted by molar-refractivity contribution is 7.89. The number of anilines is 1. The number of nitrogens with zero attached hydrogens (tertiary/aromatic N) is 2. The number of sulfonamides is 1. The van der Waals surface area contributed by atoms with E-state index in [1.165, 1.54) is 6.07 Å². The SMILES string of the molecule is CN(C)c1cccc2c(S(=O)(=O)N3CCCC3(C(=O)O)C(=O)CN)cccc12. The molecule has 28 heavy (non-hydrogen) atoms. The van der Waals surface area contributed by atoms with Gasteiger partial charge < -0.3 is 15.7 Å². The van der Waals surface area contributed by atoms with Gasteiger partial charge in [-0.1, -0.05) is 24.3 Å². The van der Waals surface area contributed by atoms with E-state index < -0.39 is 33.9 Å². The molecule has 2 aromatic rings. The first-order valence-corrected chi connectivity index (χ1v) is 10.3. The minimum absolute atomic E-state index is 0.0222. The lowest BCUT2D eigenvalue weighted by Crippen LogP contribution is -2.60. The van der Waals surface area contributed by atoms with Crippen LogP contribution in [0.3, 0.4) is 0 Å². The van der Waals surface area contributed by atoms with Crippen molar-refractivity contribution >= 4 is 38.2 Å². The molecule has 0 amide bonds. The van der Waals surface area contributed by atoms with Gasteiger partial charge in [0.25, 0.3) is 0 Å². The molecule has 3 rings (SSSR count). The Balaban J connectivity index is 2.25. The van der Waals surface area contributed by atoms with Gasteiger partial charge in [-0.3, -0.25) is 4.79 Å². The van der Waals surface area contributed by atoms with Gasteiger partial charge in [-0.05, 0) is 25.0 Å². The van der Waals surface area contributed by atoms with Crippen molar-refractivity contribution in [2.45, 2.75) is 23.3 Å². The zero-order valence-electron chi connectivity index (χ0n) is 15.8. The number of carbonyl (C=O) groups is 2. The lowest BCUT2D eigenvalue weighted by atomic mass is 9.92. The molecule has 1 fully saturated rings. The van der Waals surface area contributed by atoms with Crippen molar-refractivity contribution in [1.29, 1.82) is 0 Å². The number of carboxylic acid groups (broad SMARTS) is 1. The van der Waals surface area contributed by atoms with E-state index in [1.54, 1.807) is 18.2 Å². The molecular weight excluding hydrogens is 382 g/mol. The van der Waals surface area contributed by atoms with Crippen molar-refractivity contribution in [3.8, 4) is 0 Å². The summed E-state index contributed by atoms with van der Waals surface area (Å²) in [5.41, 5.74) is 4.10. The van der Waals surface area contributed by atoms with Gasteiger partial charge >= 0.3 is 5.97 Å². The first-order valence-electron chi connectivity index (χ1n) is 8.86. The van der Waals surface area contributed by atoms with Crippen LogP contribution in [0.15, 0.2) is 41.3 Å². The number of ketones is 1. The number of rotatable bonds is 6. The molecule has 2 aromatic carbocycles. The highest BCUT2D eigenvalue weighted by Crippen LogP contribution is 2.38. The van der Waals surface area contributed by atoms with Crippen LogP contribution in [0.5, 0.6) is 0 Å². The van der Waals surface area contributed by atoms with Gasteiger partial charge in [0.2, 0.25) is 10.0 Å². The van der Waals surface area contributed by atoms with Crippen LogP contribution < -0.4 is 10.6 Å². The lowest BCUT2D eigenvalue weighted by molar-refractivity contribution is -0.152. The fraction of sp³-hybridized carbons (Fsp3) is 0.368. The van der Waals surface area contributed by atoms with Gasteiger partial charge in [-0.2, -0.15) is 4.31 Å². The van der Waals surface area contributed by atoms with E-state index >= 15 is 0 Å². The molecule has 3 N–H and O–H groups in total. The van der Waals surface area contributed by atoms with E-state index in [0.29, 0.717) is 5.39 Å². The Bertz CT molecular complexity index is 1050. The molecule has 1 aliphatic heterocycles. The monoisotopic (exact) mass is 405 g/mol. The van der Waals surface area contributed by atoms with E-state index in [9.17, 15) is 23.1 Å². The zero-order chi connectivity index (χ0) is 20.7. The summed E-state index contributed by atoms with van der Waals surface area (Å²) in [4.78, 5) is 26.3. The molecule has 0 radical (unpaired) electrons. The Morgan fingerprint density at radius 3 is 2.43 bits per heavy atom. The summed E-state index contributed by atoms with van der Waals surface area (Å²) < 4.78 is 27.9. The standard InChI is InChI=1S/C19H23N3O5S/c1-21(2)15-8-3-7-14-13(15)6-4-9-16(14)28(26,27)22-11-5-10-19(22,18(24)25)17(23)12-20/h3-4,6-9H,5,10-12,20H2,1-2H3,(H,24,25). The Hall–Kier alpha value is -2.49. The van der Waals surface area contributed by atoms with Crippen molar-refractivity contribution in [3.63, 3.8) is 0 Å². The largest absolute Gasteiger partial charge is 0.480 e. The third kappa shape index (κ3) is 2.86. The summed E-state index contributed by atoms with van der Waals surface area (Å²) in [5, 5.41) is 11.0. The summed E-state index contributed by atoms with van der Waals surface area (Å²) in [5.74, 6) is -2.30. The fourth-order valence-corrected chi connectivity index (χ4v) is 5.89. The summed E-state index contributed by atoms with van der Waals surface area (Å²) in [6, 6.07) is 10.2. The van der Waals surface area contributed by atoms with Gasteiger partial charge in [0.1, 0.15) is 0 Å². The number of hydrogen-bond donors (Lipinski definition) is 2. The third-order valence-corrected chi connectivity index (χ3v) is 7.22. The lowest BCUT2D eigenvalue weighted by Gasteiger charge is -2.32. The molecule has 1 saturated heterocycles. The number of carboxylic acids is 1. The summed E-state index contributed by atoms with van der Waals surface area (Å²) in [6.45, 7) is -0.594. The average molecular weight is 405 g/mol. The molecule has 8 nitrogen and oxygen atoms in total. The Labute approximate surface area is 163 Å². The molecule has 0 aliphatic carbocycles. The Morgan fingerprint density at radius 2 is 1.82 bits per heavy atom. The number of carbonyl (C=O) groups excluding carboxylic acids is 1. The van der Waals surface area contributed by atoms with Crippen LogP contribution in [-0.4, -0.2) is 62.3 Å². The predicted molar refractivity (Wildman–Crippen MR) is 106 cm³/mol. The second-order valence-electron chi connectivity index (χ2n) is 7.00. The smallest absolute Gasteiger partial charge is 0.332 e. The number of Topliss-reactive ketones (excluding diaryl/α,β-unsaturated/α-hetero) is 1. The number of benzene rings is 2. The summed E-state index contributed by atoms with van der Waals surface area (Å²) in [6.07, 6.45) is 0.177. The molecule has 150 valence electrons. The minimum atomic E-state index is -4.26. The molecule has 1 heterocycles. The van der Waals surface area contributed by atoms with Crippen molar-refractivity contribution in [2.75, 3.05) is 32.1 Å². The molecule has 0 aromatic heterocycles. The highest BCUT2D eigenvalue weighted by atomic mass is 32.2. The van der Waals surface area contributed by atoms with Crippen LogP contribution in [0.4, 0.5) is 5.69 Å². The van der Waals surface area contributed by atoms with Crippen molar-refractivity contribution in [2.24, 2.45) is 5.73 Å². The summed E-state index contributed by atoms with van der Waals surface area (Å²) in [7, 11) is -0.552. The molecule has 9 heteroatoms. The van der Waals surface area contributed by atoms with Crippen molar-refractivity contribution in [1.82, 2.24) is 4.31 Å². The van der Waals surface area contributed by atoms with Gasteiger partial charge in [-0.25, -0.2) is 13.2 Å². The van der Waals surface area contributed by atoms with Crippen LogP contribution in [0.25, 0.3) is 10.8 Å². The first-order chi connectivity index (χ1) is 13.2. The number of fused-ring (bicyclic) bond motifs is 1. The average Bonchev–Trinajstić information content (AvgIpc) is 3.13. The number of nitrogens with two attached hydrogens (primary N) is 1. The Kier molecular flexibility index (Phi) is 5.18. The normalized spacial score (nSPS) is 20.4. The zero-order valence-corrected chi connectivity index (χ0v) is 16.6. The van der Waals surface area contributed by atoms with Gasteiger partial charge in [0.05, 0.1) is 11.4 Å². The van der Waals surface area contributed by atoms with Gasteiger partial charge in [-0.15, -0.1) is 0 Å². The highest BCUT2D eigenvalue weighted by Gasteiger charge is 2.58. The fourth-order valence-electron chi connectivity index (χ4n) is 3.90. The second kappa shape index (κ2) is 7.16. The van der Waals surface area contributed by atoms with Crippen LogP contribution >= 0.6 is 0 Å². The van der Waals surface area contributed by atoms with E-state index in [1.807, 2.05) is 31.1 Å². The maximum absolute atomic E-state index is 13.5. The van der Waals surface area contributed by atoms with Gasteiger partial charge in [0.15, 0.2) is 11.3 Å². The summed E-state index contributed by atoms with van der Waals surface area (Å²) >= 11 is 0.